The first-order chi connectivity index (χ1) is 8.95. The average Bonchev–Trinajstić information content (AvgIpc) is 2.40. The number of H-pyrrole nitrogens is 1. The highest BCUT2D eigenvalue weighted by atomic mass is 19.1. The largest absolute Gasteiger partial charge is 0.469 e. The lowest BCUT2D eigenvalue weighted by Gasteiger charge is -2.13. The summed E-state index contributed by atoms with van der Waals surface area (Å²) in [5.41, 5.74) is -0.761. The Balaban J connectivity index is 2.84. The van der Waals surface area contributed by atoms with E-state index in [1.54, 1.807) is 0 Å². The number of ether oxygens (including phenoxy) is 1. The number of carbonyl (C=O) groups excluding carboxylic acids is 1. The fourth-order valence-corrected chi connectivity index (χ4v) is 1.97. The molecule has 0 bridgehead atoms. The third kappa shape index (κ3) is 2.21. The van der Waals surface area contributed by atoms with Gasteiger partial charge in [0.05, 0.1) is 18.5 Å². The summed E-state index contributed by atoms with van der Waals surface area (Å²) >= 11 is 0. The lowest BCUT2D eigenvalue weighted by atomic mass is 9.97. The van der Waals surface area contributed by atoms with Gasteiger partial charge in [-0.05, 0) is 24.6 Å². The molecule has 0 aliphatic heterocycles. The van der Waals surface area contributed by atoms with Crippen LogP contribution in [0.25, 0.3) is 10.9 Å². The zero-order valence-electron chi connectivity index (χ0n) is 10.3. The molecule has 0 aliphatic carbocycles. The number of nitrogens with one attached hydrogen (secondary N) is 1. The summed E-state index contributed by atoms with van der Waals surface area (Å²) in [7, 11) is 1.19. The van der Waals surface area contributed by atoms with Crippen molar-refractivity contribution in [2.24, 2.45) is 0 Å². The number of hydrogen-bond acceptors (Lipinski definition) is 3. The number of benzene rings is 1. The van der Waals surface area contributed by atoms with E-state index >= 15 is 0 Å². The van der Waals surface area contributed by atoms with E-state index in [1.807, 2.05) is 0 Å². The maximum Gasteiger partial charge on any atom is 0.312 e. The van der Waals surface area contributed by atoms with Crippen LogP contribution in [0.4, 0.5) is 8.78 Å². The second-order valence-corrected chi connectivity index (χ2v) is 4.11. The molecule has 19 heavy (non-hydrogen) atoms. The Hall–Kier alpha value is -2.24. The molecule has 1 aromatic heterocycles. The van der Waals surface area contributed by atoms with E-state index in [1.165, 1.54) is 14.0 Å². The van der Waals surface area contributed by atoms with E-state index in [4.69, 9.17) is 0 Å². The third-order valence-electron chi connectivity index (χ3n) is 2.95. The monoisotopic (exact) mass is 267 g/mol. The predicted molar refractivity (Wildman–Crippen MR) is 64.9 cm³/mol. The number of aromatic amines is 1. The minimum absolute atomic E-state index is 0.0996. The van der Waals surface area contributed by atoms with Gasteiger partial charge >= 0.3 is 5.97 Å². The first-order valence-corrected chi connectivity index (χ1v) is 5.54. The van der Waals surface area contributed by atoms with Gasteiger partial charge in [-0.15, -0.1) is 0 Å². The SMILES string of the molecule is COC(=O)C(C)c1cc(=O)[nH]c2c(F)ccc(F)c12. The molecule has 1 unspecified atom stereocenters. The number of aromatic nitrogens is 1. The molecule has 0 spiro atoms. The standard InChI is InChI=1S/C13H11F2NO3/c1-6(13(18)19-2)7-5-10(17)16-12-9(15)4-3-8(14)11(7)12/h3-6H,1-2H3,(H,16,17). The van der Waals surface area contributed by atoms with E-state index < -0.39 is 29.1 Å². The third-order valence-corrected chi connectivity index (χ3v) is 2.95. The van der Waals surface area contributed by atoms with Gasteiger partial charge in [-0.25, -0.2) is 8.78 Å². The minimum atomic E-state index is -0.869. The molecule has 1 heterocycles. The molecule has 0 radical (unpaired) electrons. The molecule has 4 nitrogen and oxygen atoms in total. The number of carbonyl (C=O) groups is 1. The Bertz CT molecular complexity index is 709. The second kappa shape index (κ2) is 4.79. The molecule has 1 aromatic carbocycles. The fraction of sp³-hybridized carbons (Fsp3) is 0.231. The summed E-state index contributed by atoms with van der Waals surface area (Å²) in [5.74, 6) is -2.97. The first kappa shape index (κ1) is 13.2. The highest BCUT2D eigenvalue weighted by molar-refractivity contribution is 5.89. The van der Waals surface area contributed by atoms with Crippen LogP contribution in [0.2, 0.25) is 0 Å². The highest BCUT2D eigenvalue weighted by Gasteiger charge is 2.22. The smallest absolute Gasteiger partial charge is 0.312 e. The Morgan fingerprint density at radius 2 is 1.95 bits per heavy atom. The Labute approximate surface area is 107 Å². The Morgan fingerprint density at radius 1 is 1.32 bits per heavy atom. The fourth-order valence-electron chi connectivity index (χ4n) is 1.97. The zero-order chi connectivity index (χ0) is 14.2. The van der Waals surface area contributed by atoms with Crippen LogP contribution in [0.1, 0.15) is 18.4 Å². The average molecular weight is 267 g/mol. The van der Waals surface area contributed by atoms with E-state index in [0.29, 0.717) is 0 Å². The van der Waals surface area contributed by atoms with Crippen LogP contribution in [-0.4, -0.2) is 18.1 Å². The molecule has 0 saturated heterocycles. The Morgan fingerprint density at radius 3 is 2.58 bits per heavy atom. The van der Waals surface area contributed by atoms with Crippen molar-refractivity contribution in [1.29, 1.82) is 0 Å². The topological polar surface area (TPSA) is 59.2 Å². The van der Waals surface area contributed by atoms with Crippen LogP contribution in [-0.2, 0) is 9.53 Å². The van der Waals surface area contributed by atoms with Crippen molar-refractivity contribution < 1.29 is 18.3 Å². The van der Waals surface area contributed by atoms with E-state index in [-0.39, 0.29) is 16.5 Å². The van der Waals surface area contributed by atoms with Crippen LogP contribution >= 0.6 is 0 Å². The number of rotatable bonds is 2. The van der Waals surface area contributed by atoms with Crippen molar-refractivity contribution in [1.82, 2.24) is 4.98 Å². The molecule has 2 aromatic rings. The van der Waals surface area contributed by atoms with Crippen LogP contribution in [0.5, 0.6) is 0 Å². The van der Waals surface area contributed by atoms with E-state index in [9.17, 15) is 18.4 Å². The van der Waals surface area contributed by atoms with Crippen molar-refractivity contribution in [3.05, 3.63) is 45.8 Å². The van der Waals surface area contributed by atoms with Gasteiger partial charge in [0.25, 0.3) is 0 Å². The molecule has 100 valence electrons. The number of fused-ring (bicyclic) bond motifs is 1. The number of pyridine rings is 1. The summed E-state index contributed by atoms with van der Waals surface area (Å²) < 4.78 is 32.0. The van der Waals surface area contributed by atoms with Crippen LogP contribution in [0.3, 0.4) is 0 Å². The van der Waals surface area contributed by atoms with E-state index in [0.717, 1.165) is 18.2 Å². The first-order valence-electron chi connectivity index (χ1n) is 5.54. The maximum absolute atomic E-state index is 13.8. The van der Waals surface area contributed by atoms with Crippen molar-refractivity contribution >= 4 is 16.9 Å². The molecular weight excluding hydrogens is 256 g/mol. The zero-order valence-corrected chi connectivity index (χ0v) is 10.3. The van der Waals surface area contributed by atoms with Crippen LogP contribution < -0.4 is 5.56 Å². The molecule has 2 rings (SSSR count). The molecule has 1 atom stereocenters. The van der Waals surface area contributed by atoms with Crippen LogP contribution in [0.15, 0.2) is 23.0 Å². The van der Waals surface area contributed by atoms with Gasteiger partial charge in [0, 0.05) is 11.5 Å². The lowest BCUT2D eigenvalue weighted by molar-refractivity contribution is -0.141. The number of methoxy groups -OCH3 is 1. The number of halogens is 2. The lowest BCUT2D eigenvalue weighted by Crippen LogP contribution is -2.16. The summed E-state index contributed by atoms with van der Waals surface area (Å²) in [4.78, 5) is 25.2. The van der Waals surface area contributed by atoms with Gasteiger partial charge in [0.2, 0.25) is 5.56 Å². The number of hydrogen-bond donors (Lipinski definition) is 1. The molecule has 6 heteroatoms. The van der Waals surface area contributed by atoms with Gasteiger partial charge in [0.1, 0.15) is 11.6 Å². The van der Waals surface area contributed by atoms with Gasteiger partial charge in [-0.3, -0.25) is 9.59 Å². The quantitative estimate of drug-likeness (QED) is 0.847. The van der Waals surface area contributed by atoms with Crippen molar-refractivity contribution in [3.8, 4) is 0 Å². The molecule has 0 amide bonds. The van der Waals surface area contributed by atoms with Gasteiger partial charge in [-0.1, -0.05) is 0 Å². The minimum Gasteiger partial charge on any atom is -0.469 e. The summed E-state index contributed by atoms with van der Waals surface area (Å²) in [5, 5.41) is -0.113. The molecular formula is C13H11F2NO3. The summed E-state index contributed by atoms with van der Waals surface area (Å²) in [6.45, 7) is 1.46. The second-order valence-electron chi connectivity index (χ2n) is 4.11. The molecule has 0 aliphatic rings. The maximum atomic E-state index is 13.8. The highest BCUT2D eigenvalue weighted by Crippen LogP contribution is 2.27. The van der Waals surface area contributed by atoms with Gasteiger partial charge in [0.15, 0.2) is 0 Å². The Kier molecular flexibility index (Phi) is 3.33. The predicted octanol–water partition coefficient (Wildman–Crippen LogP) is 2.08. The van der Waals surface area contributed by atoms with Crippen molar-refractivity contribution in [2.45, 2.75) is 12.8 Å². The summed E-state index contributed by atoms with van der Waals surface area (Å²) in [6.07, 6.45) is 0. The van der Waals surface area contributed by atoms with E-state index in [2.05, 4.69) is 9.72 Å². The number of esters is 1. The van der Waals surface area contributed by atoms with Crippen molar-refractivity contribution in [3.63, 3.8) is 0 Å². The summed E-state index contributed by atoms with van der Waals surface area (Å²) in [6, 6.07) is 2.94. The normalized spacial score (nSPS) is 12.4. The molecule has 1 N–H and O–H groups in total. The van der Waals surface area contributed by atoms with Gasteiger partial charge < -0.3 is 9.72 Å². The van der Waals surface area contributed by atoms with Gasteiger partial charge in [-0.2, -0.15) is 0 Å². The molecule has 0 saturated carbocycles. The van der Waals surface area contributed by atoms with Crippen molar-refractivity contribution in [2.75, 3.05) is 7.11 Å². The van der Waals surface area contributed by atoms with Crippen LogP contribution in [0, 0.1) is 11.6 Å². The molecule has 0 fully saturated rings.